The SMILES string of the molecule is CCNO[SiH](O)ONCC. The van der Waals surface area contributed by atoms with Gasteiger partial charge in [-0.3, -0.25) is 9.05 Å². The third-order valence-electron chi connectivity index (χ3n) is 0.657. The zero-order chi connectivity index (χ0) is 7.82. The van der Waals surface area contributed by atoms with Gasteiger partial charge in [0.1, 0.15) is 0 Å². The Morgan fingerprint density at radius 3 is 1.90 bits per heavy atom. The Balaban J connectivity index is 3.00. The smallest absolute Gasteiger partial charge is 0.391 e. The zero-order valence-electron chi connectivity index (χ0n) is 6.26. The van der Waals surface area contributed by atoms with Crippen molar-refractivity contribution in [3.8, 4) is 0 Å². The summed E-state index contributed by atoms with van der Waals surface area (Å²) < 4.78 is 9.31. The van der Waals surface area contributed by atoms with Crippen LogP contribution in [0.4, 0.5) is 0 Å². The molecule has 3 N–H and O–H groups in total. The van der Waals surface area contributed by atoms with E-state index < -0.39 is 9.53 Å². The lowest BCUT2D eigenvalue weighted by Gasteiger charge is -2.08. The number of hydrogen-bond donors (Lipinski definition) is 3. The van der Waals surface area contributed by atoms with Crippen molar-refractivity contribution in [3.63, 3.8) is 0 Å². The molecule has 0 aromatic heterocycles. The summed E-state index contributed by atoms with van der Waals surface area (Å²) in [5, 5.41) is 0. The topological polar surface area (TPSA) is 62.8 Å². The van der Waals surface area contributed by atoms with E-state index in [0.29, 0.717) is 13.1 Å². The third-order valence-corrected chi connectivity index (χ3v) is 1.39. The van der Waals surface area contributed by atoms with E-state index in [4.69, 9.17) is 4.80 Å². The molecule has 0 aliphatic rings. The van der Waals surface area contributed by atoms with Crippen molar-refractivity contribution < 1.29 is 13.8 Å². The molecular weight excluding hydrogens is 152 g/mol. The van der Waals surface area contributed by atoms with Crippen LogP contribution >= 0.6 is 0 Å². The van der Waals surface area contributed by atoms with E-state index in [0.717, 1.165) is 0 Å². The van der Waals surface area contributed by atoms with Crippen LogP contribution in [-0.2, 0) is 9.05 Å². The number of hydrogen-bond acceptors (Lipinski definition) is 5. The molecule has 0 aliphatic carbocycles. The molecule has 6 heteroatoms. The van der Waals surface area contributed by atoms with Gasteiger partial charge in [-0.15, -0.1) is 0 Å². The minimum Gasteiger partial charge on any atom is -0.391 e. The standard InChI is InChI=1S/C4H14N2O3Si/c1-3-5-8-10(7)9-6-4-2/h5-7,10H,3-4H2,1-2H3. The molecule has 0 aromatic carbocycles. The van der Waals surface area contributed by atoms with Gasteiger partial charge in [0.25, 0.3) is 0 Å². The highest BCUT2D eigenvalue weighted by atomic mass is 28.3. The summed E-state index contributed by atoms with van der Waals surface area (Å²) in [7, 11) is -2.46. The van der Waals surface area contributed by atoms with Crippen LogP contribution < -0.4 is 11.0 Å². The maximum Gasteiger partial charge on any atom is 0.515 e. The molecule has 0 aliphatic heterocycles. The predicted molar refractivity (Wildman–Crippen MR) is 38.9 cm³/mol. The van der Waals surface area contributed by atoms with E-state index in [2.05, 4.69) is 20.0 Å². The van der Waals surface area contributed by atoms with Crippen LogP contribution in [0.2, 0.25) is 0 Å². The second kappa shape index (κ2) is 7.13. The van der Waals surface area contributed by atoms with E-state index in [1.165, 1.54) is 0 Å². The molecule has 0 aromatic rings. The molecule has 0 heterocycles. The lowest BCUT2D eigenvalue weighted by molar-refractivity contribution is 0.0446. The van der Waals surface area contributed by atoms with E-state index in [1.54, 1.807) is 0 Å². The normalized spacial score (nSPS) is 10.8. The van der Waals surface area contributed by atoms with Crippen LogP contribution in [0.3, 0.4) is 0 Å². The molecule has 0 saturated carbocycles. The molecule has 0 saturated heterocycles. The molecule has 0 bridgehead atoms. The van der Waals surface area contributed by atoms with Crippen LogP contribution in [-0.4, -0.2) is 27.4 Å². The van der Waals surface area contributed by atoms with Crippen LogP contribution in [0.5, 0.6) is 0 Å². The molecule has 0 rings (SSSR count). The van der Waals surface area contributed by atoms with Crippen molar-refractivity contribution >= 4 is 9.53 Å². The lowest BCUT2D eigenvalue weighted by atomic mass is 10.8. The van der Waals surface area contributed by atoms with Gasteiger partial charge in [-0.1, -0.05) is 13.8 Å². The molecule has 0 unspecified atom stereocenters. The highest BCUT2D eigenvalue weighted by Gasteiger charge is 2.07. The van der Waals surface area contributed by atoms with Gasteiger partial charge in [-0.05, 0) is 0 Å². The summed E-state index contributed by atoms with van der Waals surface area (Å²) >= 11 is 0. The molecular formula is C4H14N2O3Si. The Kier molecular flexibility index (Phi) is 7.14. The second-order valence-electron chi connectivity index (χ2n) is 1.54. The fourth-order valence-electron chi connectivity index (χ4n) is 0.333. The highest BCUT2D eigenvalue weighted by Crippen LogP contribution is 1.75. The first-order valence-electron chi connectivity index (χ1n) is 3.26. The Labute approximate surface area is 62.2 Å². The lowest BCUT2D eigenvalue weighted by Crippen LogP contribution is -2.35. The summed E-state index contributed by atoms with van der Waals surface area (Å²) in [6, 6.07) is 0. The molecule has 0 fully saturated rings. The van der Waals surface area contributed by atoms with Gasteiger partial charge >= 0.3 is 9.53 Å². The van der Waals surface area contributed by atoms with Crippen molar-refractivity contribution in [3.05, 3.63) is 0 Å². The fraction of sp³-hybridized carbons (Fsp3) is 1.00. The molecule has 0 atom stereocenters. The summed E-state index contributed by atoms with van der Waals surface area (Å²) in [6.07, 6.45) is 0. The van der Waals surface area contributed by atoms with Gasteiger partial charge in [-0.25, -0.2) is 11.0 Å². The van der Waals surface area contributed by atoms with Crippen LogP contribution in [0.1, 0.15) is 13.8 Å². The first kappa shape index (κ1) is 10.0. The van der Waals surface area contributed by atoms with Crippen molar-refractivity contribution in [2.75, 3.05) is 13.1 Å². The summed E-state index contributed by atoms with van der Waals surface area (Å²) in [5.74, 6) is 0. The Morgan fingerprint density at radius 1 is 1.20 bits per heavy atom. The van der Waals surface area contributed by atoms with Crippen molar-refractivity contribution in [2.24, 2.45) is 0 Å². The minimum absolute atomic E-state index is 0.652. The molecule has 0 amide bonds. The van der Waals surface area contributed by atoms with Gasteiger partial charge in [0.15, 0.2) is 0 Å². The summed E-state index contributed by atoms with van der Waals surface area (Å²) in [4.78, 5) is 8.88. The highest BCUT2D eigenvalue weighted by molar-refractivity contribution is 6.34. The van der Waals surface area contributed by atoms with Gasteiger partial charge < -0.3 is 4.80 Å². The Bertz CT molecular complexity index is 67.5. The summed E-state index contributed by atoms with van der Waals surface area (Å²) in [5.41, 5.74) is 5.01. The molecule has 0 spiro atoms. The maximum atomic E-state index is 8.88. The average molecular weight is 166 g/mol. The average Bonchev–Trinajstić information content (AvgIpc) is 1.97. The fourth-order valence-corrected chi connectivity index (χ4v) is 1.000. The molecule has 0 radical (unpaired) electrons. The zero-order valence-corrected chi connectivity index (χ0v) is 7.41. The van der Waals surface area contributed by atoms with Crippen LogP contribution in [0, 0.1) is 0 Å². The second-order valence-corrected chi connectivity index (χ2v) is 2.62. The van der Waals surface area contributed by atoms with Crippen molar-refractivity contribution in [1.82, 2.24) is 11.0 Å². The molecule has 10 heavy (non-hydrogen) atoms. The quantitative estimate of drug-likeness (QED) is 0.341. The van der Waals surface area contributed by atoms with Gasteiger partial charge in [0, 0.05) is 13.1 Å². The number of hydroxylamine groups is 2. The van der Waals surface area contributed by atoms with Crippen LogP contribution in [0.15, 0.2) is 0 Å². The Morgan fingerprint density at radius 2 is 1.60 bits per heavy atom. The number of nitrogens with one attached hydrogen (secondary N) is 2. The van der Waals surface area contributed by atoms with Gasteiger partial charge in [0.2, 0.25) is 0 Å². The first-order valence-corrected chi connectivity index (χ1v) is 4.72. The molecule has 5 nitrogen and oxygen atoms in total. The predicted octanol–water partition coefficient (Wildman–Crippen LogP) is -1.22. The van der Waals surface area contributed by atoms with Crippen molar-refractivity contribution in [2.45, 2.75) is 13.8 Å². The molecule has 62 valence electrons. The van der Waals surface area contributed by atoms with E-state index in [1.807, 2.05) is 13.8 Å². The Hall–Kier alpha value is 0.0169. The van der Waals surface area contributed by atoms with E-state index >= 15 is 0 Å². The number of rotatable bonds is 6. The third kappa shape index (κ3) is 6.14. The summed E-state index contributed by atoms with van der Waals surface area (Å²) in [6.45, 7) is 5.04. The van der Waals surface area contributed by atoms with Gasteiger partial charge in [0.05, 0.1) is 0 Å². The maximum absolute atomic E-state index is 8.88. The van der Waals surface area contributed by atoms with Crippen molar-refractivity contribution in [1.29, 1.82) is 0 Å². The van der Waals surface area contributed by atoms with E-state index in [-0.39, 0.29) is 0 Å². The monoisotopic (exact) mass is 166 g/mol. The largest absolute Gasteiger partial charge is 0.515 e. The first-order chi connectivity index (χ1) is 4.81. The minimum atomic E-state index is -2.46. The van der Waals surface area contributed by atoms with E-state index in [9.17, 15) is 0 Å². The van der Waals surface area contributed by atoms with Gasteiger partial charge in [-0.2, -0.15) is 0 Å². The van der Waals surface area contributed by atoms with Crippen LogP contribution in [0.25, 0.3) is 0 Å².